The molecule has 7 heteroatoms. The van der Waals surface area contributed by atoms with Crippen LogP contribution < -0.4 is 4.74 Å². The molecule has 0 saturated carbocycles. The molecule has 2 heterocycles. The number of methoxy groups -OCH3 is 1. The predicted octanol–water partition coefficient (Wildman–Crippen LogP) is 3.90. The average Bonchev–Trinajstić information content (AvgIpc) is 3.03. The van der Waals surface area contributed by atoms with E-state index in [1.807, 2.05) is 58.0 Å². The fourth-order valence-corrected chi connectivity index (χ4v) is 4.24. The van der Waals surface area contributed by atoms with Crippen molar-refractivity contribution in [3.63, 3.8) is 0 Å². The monoisotopic (exact) mass is 451 g/mol. The second-order valence-electron chi connectivity index (χ2n) is 8.97. The van der Waals surface area contributed by atoms with Crippen LogP contribution in [0.5, 0.6) is 5.75 Å². The second-order valence-corrected chi connectivity index (χ2v) is 8.97. The largest absolute Gasteiger partial charge is 0.507 e. The highest BCUT2D eigenvalue weighted by Gasteiger charge is 2.46. The molecule has 1 unspecified atom stereocenters. The van der Waals surface area contributed by atoms with E-state index in [1.54, 1.807) is 25.4 Å². The Morgan fingerprint density at radius 3 is 2.55 bits per heavy atom. The number of nitrogens with zero attached hydrogens (tertiary/aromatic N) is 3. The molecule has 1 saturated heterocycles. The number of rotatable bonds is 8. The summed E-state index contributed by atoms with van der Waals surface area (Å²) < 4.78 is 5.52. The number of pyridine rings is 1. The van der Waals surface area contributed by atoms with Gasteiger partial charge in [0.15, 0.2) is 0 Å². The summed E-state index contributed by atoms with van der Waals surface area (Å²) in [6.07, 6.45) is 2.33. The Labute approximate surface area is 195 Å². The SMILES string of the molecule is COc1cc(C)c(/C(O)=C2\C(=O)C(=O)N(CCCN(C)C)C2c2ccccn2)cc1C(C)C. The first-order chi connectivity index (χ1) is 15.7. The van der Waals surface area contributed by atoms with E-state index in [-0.39, 0.29) is 17.3 Å². The Morgan fingerprint density at radius 2 is 1.97 bits per heavy atom. The maximum Gasteiger partial charge on any atom is 0.295 e. The van der Waals surface area contributed by atoms with Crippen molar-refractivity contribution in [3.05, 3.63) is 64.5 Å². The standard InChI is InChI=1S/C26H33N3O4/c1-16(2)18-15-19(17(3)14-21(18)33-6)24(30)22-23(20-10-7-8-11-27-20)29(26(32)25(22)31)13-9-12-28(4)5/h7-8,10-11,14-16,23,30H,9,12-13H2,1-6H3/b24-22+. The van der Waals surface area contributed by atoms with Gasteiger partial charge in [0.05, 0.1) is 18.4 Å². The zero-order chi connectivity index (χ0) is 24.3. The Hall–Kier alpha value is -3.19. The molecule has 0 spiro atoms. The number of Topliss-reactive ketones (excluding diaryl/α,β-unsaturated/α-hetero) is 1. The second kappa shape index (κ2) is 10.2. The van der Waals surface area contributed by atoms with E-state index in [2.05, 4.69) is 4.98 Å². The summed E-state index contributed by atoms with van der Waals surface area (Å²) in [6, 6.07) is 8.35. The highest BCUT2D eigenvalue weighted by Crippen LogP contribution is 2.40. The number of ketones is 1. The molecule has 1 N–H and O–H groups in total. The molecule has 2 aromatic rings. The van der Waals surface area contributed by atoms with Crippen molar-refractivity contribution in [2.45, 2.75) is 39.2 Å². The molecule has 1 atom stereocenters. The first kappa shape index (κ1) is 24.5. The van der Waals surface area contributed by atoms with Gasteiger partial charge in [-0.3, -0.25) is 14.6 Å². The molecule has 0 aliphatic carbocycles. The van der Waals surface area contributed by atoms with Crippen LogP contribution in [0.4, 0.5) is 0 Å². The maximum atomic E-state index is 13.2. The van der Waals surface area contributed by atoms with Gasteiger partial charge in [0.1, 0.15) is 17.6 Å². The number of carbonyl (C=O) groups is 2. The first-order valence-electron chi connectivity index (χ1n) is 11.2. The fourth-order valence-electron chi connectivity index (χ4n) is 4.24. The van der Waals surface area contributed by atoms with E-state index in [0.29, 0.717) is 24.2 Å². The maximum absolute atomic E-state index is 13.2. The lowest BCUT2D eigenvalue weighted by Crippen LogP contribution is -2.32. The molecule has 1 aliphatic heterocycles. The van der Waals surface area contributed by atoms with Gasteiger partial charge in [-0.25, -0.2) is 0 Å². The van der Waals surface area contributed by atoms with Crippen LogP contribution in [-0.2, 0) is 9.59 Å². The van der Waals surface area contributed by atoms with Gasteiger partial charge in [-0.15, -0.1) is 0 Å². The summed E-state index contributed by atoms with van der Waals surface area (Å²) in [5.41, 5.74) is 2.82. The molecule has 1 aliphatic rings. The molecule has 3 rings (SSSR count). The van der Waals surface area contributed by atoms with Crippen molar-refractivity contribution in [3.8, 4) is 5.75 Å². The number of aliphatic hydroxyl groups excluding tert-OH is 1. The summed E-state index contributed by atoms with van der Waals surface area (Å²) in [5.74, 6) is -0.603. The van der Waals surface area contributed by atoms with Crippen LogP contribution in [0.15, 0.2) is 42.1 Å². The molecular weight excluding hydrogens is 418 g/mol. The van der Waals surface area contributed by atoms with E-state index in [1.165, 1.54) is 4.90 Å². The van der Waals surface area contributed by atoms with Gasteiger partial charge in [-0.05, 0) is 75.3 Å². The van der Waals surface area contributed by atoms with Crippen LogP contribution in [-0.4, -0.2) is 65.9 Å². The number of ether oxygens (including phenoxy) is 1. The van der Waals surface area contributed by atoms with Crippen molar-refractivity contribution >= 4 is 17.4 Å². The third-order valence-electron chi connectivity index (χ3n) is 5.97. The highest BCUT2D eigenvalue weighted by molar-refractivity contribution is 6.46. The van der Waals surface area contributed by atoms with Gasteiger partial charge in [0, 0.05) is 18.3 Å². The quantitative estimate of drug-likeness (QED) is 0.372. The highest BCUT2D eigenvalue weighted by atomic mass is 16.5. The first-order valence-corrected chi connectivity index (χ1v) is 11.2. The third-order valence-corrected chi connectivity index (χ3v) is 5.97. The zero-order valence-electron chi connectivity index (χ0n) is 20.3. The van der Waals surface area contributed by atoms with Crippen molar-refractivity contribution in [1.82, 2.24) is 14.8 Å². The van der Waals surface area contributed by atoms with Gasteiger partial charge >= 0.3 is 0 Å². The number of benzene rings is 1. The molecule has 1 aromatic carbocycles. The van der Waals surface area contributed by atoms with Crippen LogP contribution in [0.2, 0.25) is 0 Å². The Morgan fingerprint density at radius 1 is 1.24 bits per heavy atom. The van der Waals surface area contributed by atoms with Crippen LogP contribution >= 0.6 is 0 Å². The minimum absolute atomic E-state index is 0.0755. The van der Waals surface area contributed by atoms with Crippen LogP contribution in [0, 0.1) is 6.92 Å². The summed E-state index contributed by atoms with van der Waals surface area (Å²) >= 11 is 0. The van der Waals surface area contributed by atoms with E-state index in [4.69, 9.17) is 4.74 Å². The van der Waals surface area contributed by atoms with E-state index in [9.17, 15) is 14.7 Å². The topological polar surface area (TPSA) is 83.0 Å². The molecule has 1 aromatic heterocycles. The van der Waals surface area contributed by atoms with Crippen LogP contribution in [0.1, 0.15) is 54.6 Å². The molecule has 33 heavy (non-hydrogen) atoms. The van der Waals surface area contributed by atoms with E-state index < -0.39 is 17.7 Å². The normalized spacial score (nSPS) is 17.9. The van der Waals surface area contributed by atoms with Gasteiger partial charge in [0.25, 0.3) is 11.7 Å². The predicted molar refractivity (Wildman–Crippen MR) is 128 cm³/mol. The summed E-state index contributed by atoms with van der Waals surface area (Å²) in [4.78, 5) is 34.2. The van der Waals surface area contributed by atoms with Gasteiger partial charge in [-0.1, -0.05) is 19.9 Å². The van der Waals surface area contributed by atoms with Crippen LogP contribution in [0.3, 0.4) is 0 Å². The lowest BCUT2D eigenvalue weighted by atomic mass is 9.92. The Kier molecular flexibility index (Phi) is 7.53. The Bertz CT molecular complexity index is 1060. The molecular formula is C26H33N3O4. The summed E-state index contributed by atoms with van der Waals surface area (Å²) in [5, 5.41) is 11.4. The number of likely N-dealkylation sites (tertiary alicyclic amines) is 1. The van der Waals surface area contributed by atoms with Gasteiger partial charge in [-0.2, -0.15) is 0 Å². The number of aryl methyl sites for hydroxylation is 1. The number of hydrogen-bond donors (Lipinski definition) is 1. The number of aliphatic hydroxyl groups is 1. The van der Waals surface area contributed by atoms with E-state index in [0.717, 1.165) is 23.4 Å². The van der Waals surface area contributed by atoms with Crippen molar-refractivity contribution in [2.75, 3.05) is 34.3 Å². The third kappa shape index (κ3) is 4.93. The molecule has 1 amide bonds. The summed E-state index contributed by atoms with van der Waals surface area (Å²) in [7, 11) is 5.53. The van der Waals surface area contributed by atoms with Crippen molar-refractivity contribution in [2.24, 2.45) is 0 Å². The van der Waals surface area contributed by atoms with Crippen molar-refractivity contribution in [1.29, 1.82) is 0 Å². The number of aromatic nitrogens is 1. The van der Waals surface area contributed by atoms with Crippen molar-refractivity contribution < 1.29 is 19.4 Å². The average molecular weight is 452 g/mol. The van der Waals surface area contributed by atoms with E-state index >= 15 is 0 Å². The molecule has 7 nitrogen and oxygen atoms in total. The fraction of sp³-hybridized carbons (Fsp3) is 0.423. The smallest absolute Gasteiger partial charge is 0.295 e. The zero-order valence-corrected chi connectivity index (χ0v) is 20.3. The summed E-state index contributed by atoms with van der Waals surface area (Å²) in [6.45, 7) is 7.08. The number of amides is 1. The molecule has 1 fully saturated rings. The lowest BCUT2D eigenvalue weighted by molar-refractivity contribution is -0.140. The lowest BCUT2D eigenvalue weighted by Gasteiger charge is -2.25. The Balaban J connectivity index is 2.17. The number of carbonyl (C=O) groups excluding carboxylic acids is 2. The minimum atomic E-state index is -0.739. The molecule has 176 valence electrons. The minimum Gasteiger partial charge on any atom is -0.507 e. The van der Waals surface area contributed by atoms with Gasteiger partial charge in [0.2, 0.25) is 0 Å². The van der Waals surface area contributed by atoms with Gasteiger partial charge < -0.3 is 19.6 Å². The van der Waals surface area contributed by atoms with Crippen LogP contribution in [0.25, 0.3) is 5.76 Å². The number of hydrogen-bond acceptors (Lipinski definition) is 6. The molecule has 0 bridgehead atoms. The molecule has 0 radical (unpaired) electrons.